The van der Waals surface area contributed by atoms with E-state index < -0.39 is 4.92 Å². The first-order chi connectivity index (χ1) is 9.74. The van der Waals surface area contributed by atoms with Crippen molar-refractivity contribution in [2.75, 3.05) is 0 Å². The van der Waals surface area contributed by atoms with Gasteiger partial charge in [-0.25, -0.2) is 9.97 Å². The molecule has 0 saturated carbocycles. The minimum Gasteiger partial charge on any atom is -0.261 e. The third kappa shape index (κ3) is 2.21. The minimum atomic E-state index is -0.452. The molecule has 8 heteroatoms. The molecule has 0 unspecified atom stereocenters. The van der Waals surface area contributed by atoms with Crippen molar-refractivity contribution in [3.63, 3.8) is 0 Å². The molecule has 0 spiro atoms. The number of non-ortho nitro benzene ring substituents is 1. The van der Waals surface area contributed by atoms with E-state index in [2.05, 4.69) is 25.1 Å². The van der Waals surface area contributed by atoms with Crippen molar-refractivity contribution in [2.45, 2.75) is 0 Å². The molecule has 0 saturated heterocycles. The molecule has 1 N–H and O–H groups in total. The smallest absolute Gasteiger partial charge is 0.261 e. The Bertz CT molecular complexity index is 738. The molecular formula is C12H8N6O2. The number of nitrogens with zero attached hydrogens (tertiary/aromatic N) is 5. The van der Waals surface area contributed by atoms with Gasteiger partial charge < -0.3 is 0 Å². The van der Waals surface area contributed by atoms with Crippen molar-refractivity contribution in [1.29, 1.82) is 0 Å². The van der Waals surface area contributed by atoms with Gasteiger partial charge in [0.05, 0.1) is 11.1 Å². The molecule has 98 valence electrons. The molecule has 0 aliphatic rings. The highest BCUT2D eigenvalue weighted by atomic mass is 16.6. The maximum Gasteiger partial charge on any atom is 0.269 e. The lowest BCUT2D eigenvalue weighted by molar-refractivity contribution is -0.384. The molecule has 2 aromatic heterocycles. The van der Waals surface area contributed by atoms with Crippen LogP contribution < -0.4 is 0 Å². The van der Waals surface area contributed by atoms with Gasteiger partial charge in [-0.3, -0.25) is 20.2 Å². The molecule has 20 heavy (non-hydrogen) atoms. The number of rotatable bonds is 3. The van der Waals surface area contributed by atoms with Crippen LogP contribution in [-0.4, -0.2) is 30.1 Å². The second-order valence-electron chi connectivity index (χ2n) is 3.90. The fraction of sp³-hybridized carbons (Fsp3) is 0. The number of aromatic nitrogens is 5. The molecule has 0 atom stereocenters. The second kappa shape index (κ2) is 4.84. The maximum absolute atomic E-state index is 10.6. The van der Waals surface area contributed by atoms with Gasteiger partial charge in [0.25, 0.3) is 5.69 Å². The van der Waals surface area contributed by atoms with E-state index in [1.807, 2.05) is 0 Å². The van der Waals surface area contributed by atoms with Gasteiger partial charge in [0.15, 0.2) is 11.6 Å². The highest BCUT2D eigenvalue weighted by molar-refractivity contribution is 5.60. The van der Waals surface area contributed by atoms with Crippen molar-refractivity contribution >= 4 is 5.69 Å². The molecule has 0 radical (unpaired) electrons. The number of nitrogens with one attached hydrogen (secondary N) is 1. The molecule has 2 heterocycles. The van der Waals surface area contributed by atoms with Gasteiger partial charge in [0, 0.05) is 30.1 Å². The number of nitro benzene ring substituents is 1. The SMILES string of the molecule is O=[N+]([O-])c1ccc(-c2n[nH]c(-c3cnccn3)n2)cc1. The van der Waals surface area contributed by atoms with Gasteiger partial charge in [0.2, 0.25) is 0 Å². The fourth-order valence-electron chi connectivity index (χ4n) is 1.66. The molecule has 0 aliphatic carbocycles. The third-order valence-corrected chi connectivity index (χ3v) is 2.63. The first-order valence-corrected chi connectivity index (χ1v) is 5.67. The van der Waals surface area contributed by atoms with E-state index in [9.17, 15) is 10.1 Å². The van der Waals surface area contributed by atoms with Gasteiger partial charge in [-0.1, -0.05) is 0 Å². The van der Waals surface area contributed by atoms with Crippen LogP contribution in [0, 0.1) is 10.1 Å². The number of H-pyrrole nitrogens is 1. The summed E-state index contributed by atoms with van der Waals surface area (Å²) in [6.45, 7) is 0. The van der Waals surface area contributed by atoms with Crippen molar-refractivity contribution in [1.82, 2.24) is 25.1 Å². The van der Waals surface area contributed by atoms with Crippen LogP contribution in [-0.2, 0) is 0 Å². The summed E-state index contributed by atoms with van der Waals surface area (Å²) < 4.78 is 0. The zero-order chi connectivity index (χ0) is 13.9. The summed E-state index contributed by atoms with van der Waals surface area (Å²) in [5, 5.41) is 17.4. The largest absolute Gasteiger partial charge is 0.269 e. The van der Waals surface area contributed by atoms with Crippen LogP contribution in [0.5, 0.6) is 0 Å². The molecule has 0 bridgehead atoms. The minimum absolute atomic E-state index is 0.0263. The number of nitro groups is 1. The van der Waals surface area contributed by atoms with Crippen molar-refractivity contribution in [2.24, 2.45) is 0 Å². The lowest BCUT2D eigenvalue weighted by atomic mass is 10.2. The number of hydrogen-bond donors (Lipinski definition) is 1. The topological polar surface area (TPSA) is 110 Å². The molecule has 3 aromatic rings. The highest BCUT2D eigenvalue weighted by Gasteiger charge is 2.10. The number of hydrogen-bond acceptors (Lipinski definition) is 6. The average molecular weight is 268 g/mol. The van der Waals surface area contributed by atoms with Crippen LogP contribution in [0.25, 0.3) is 22.9 Å². The predicted octanol–water partition coefficient (Wildman–Crippen LogP) is 1.84. The Morgan fingerprint density at radius 2 is 1.95 bits per heavy atom. The third-order valence-electron chi connectivity index (χ3n) is 2.63. The molecule has 0 amide bonds. The Morgan fingerprint density at radius 3 is 2.60 bits per heavy atom. The Balaban J connectivity index is 1.92. The average Bonchev–Trinajstić information content (AvgIpc) is 2.98. The Labute approximate surface area is 112 Å². The molecule has 1 aromatic carbocycles. The van der Waals surface area contributed by atoms with Gasteiger partial charge in [-0.05, 0) is 12.1 Å². The fourth-order valence-corrected chi connectivity index (χ4v) is 1.66. The van der Waals surface area contributed by atoms with E-state index in [0.29, 0.717) is 22.9 Å². The summed E-state index contributed by atoms with van der Waals surface area (Å²) in [7, 11) is 0. The summed E-state index contributed by atoms with van der Waals surface area (Å²) in [5.41, 5.74) is 1.29. The van der Waals surface area contributed by atoms with E-state index in [-0.39, 0.29) is 5.69 Å². The number of aromatic amines is 1. The van der Waals surface area contributed by atoms with Crippen molar-refractivity contribution in [3.8, 4) is 22.9 Å². The van der Waals surface area contributed by atoms with E-state index in [0.717, 1.165) is 0 Å². The van der Waals surface area contributed by atoms with Gasteiger partial charge in [0.1, 0.15) is 5.69 Å². The molecule has 3 rings (SSSR count). The molecule has 8 nitrogen and oxygen atoms in total. The van der Waals surface area contributed by atoms with Crippen LogP contribution in [0.4, 0.5) is 5.69 Å². The monoisotopic (exact) mass is 268 g/mol. The molecular weight excluding hydrogens is 260 g/mol. The van der Waals surface area contributed by atoms with E-state index in [1.165, 1.54) is 12.1 Å². The quantitative estimate of drug-likeness (QED) is 0.573. The standard InChI is InChI=1S/C12H8N6O2/c19-18(20)9-3-1-8(2-4-9)11-15-12(17-16-11)10-7-13-5-6-14-10/h1-7H,(H,15,16,17). The van der Waals surface area contributed by atoms with Gasteiger partial charge in [-0.15, -0.1) is 0 Å². The van der Waals surface area contributed by atoms with Crippen LogP contribution >= 0.6 is 0 Å². The van der Waals surface area contributed by atoms with Crippen LogP contribution in [0.2, 0.25) is 0 Å². The van der Waals surface area contributed by atoms with E-state index in [4.69, 9.17) is 0 Å². The zero-order valence-electron chi connectivity index (χ0n) is 10.1. The van der Waals surface area contributed by atoms with Crippen molar-refractivity contribution < 1.29 is 4.92 Å². The first kappa shape index (κ1) is 11.9. The second-order valence-corrected chi connectivity index (χ2v) is 3.90. The predicted molar refractivity (Wildman–Crippen MR) is 69.5 cm³/mol. The summed E-state index contributed by atoms with van der Waals surface area (Å²) in [4.78, 5) is 22.5. The van der Waals surface area contributed by atoms with Gasteiger partial charge in [-0.2, -0.15) is 5.10 Å². The van der Waals surface area contributed by atoms with Gasteiger partial charge >= 0.3 is 0 Å². The summed E-state index contributed by atoms with van der Waals surface area (Å²) >= 11 is 0. The van der Waals surface area contributed by atoms with Crippen LogP contribution in [0.1, 0.15) is 0 Å². The van der Waals surface area contributed by atoms with Crippen molar-refractivity contribution in [3.05, 3.63) is 53.0 Å². The normalized spacial score (nSPS) is 10.4. The lowest BCUT2D eigenvalue weighted by Gasteiger charge is -1.94. The van der Waals surface area contributed by atoms with Crippen LogP contribution in [0.15, 0.2) is 42.9 Å². The molecule has 0 aliphatic heterocycles. The maximum atomic E-state index is 10.6. The number of benzene rings is 1. The highest BCUT2D eigenvalue weighted by Crippen LogP contribution is 2.20. The lowest BCUT2D eigenvalue weighted by Crippen LogP contribution is -1.88. The molecule has 0 fully saturated rings. The summed E-state index contributed by atoms with van der Waals surface area (Å²) in [6, 6.07) is 6.02. The Hall–Kier alpha value is -3.16. The van der Waals surface area contributed by atoms with Crippen LogP contribution in [0.3, 0.4) is 0 Å². The first-order valence-electron chi connectivity index (χ1n) is 5.67. The Morgan fingerprint density at radius 1 is 1.15 bits per heavy atom. The summed E-state index contributed by atoms with van der Waals surface area (Å²) in [6.07, 6.45) is 4.70. The zero-order valence-corrected chi connectivity index (χ0v) is 10.1. The van der Waals surface area contributed by atoms with E-state index in [1.54, 1.807) is 30.7 Å². The Kier molecular flexibility index (Phi) is 2.88. The van der Waals surface area contributed by atoms with E-state index >= 15 is 0 Å². The summed E-state index contributed by atoms with van der Waals surface area (Å²) in [5.74, 6) is 0.937.